The number of hydrogen-bond donors (Lipinski definition) is 1. The van der Waals surface area contributed by atoms with Gasteiger partial charge in [-0.3, -0.25) is 9.59 Å². The van der Waals surface area contributed by atoms with Crippen LogP contribution >= 0.6 is 0 Å². The molecular formula is C19H18N2O4. The molecule has 1 heterocycles. The predicted octanol–water partition coefficient (Wildman–Crippen LogP) is 2.56. The number of fused-ring (bicyclic) bond motifs is 1. The molecule has 6 nitrogen and oxygen atoms in total. The van der Waals surface area contributed by atoms with E-state index in [0.717, 1.165) is 5.56 Å². The first-order chi connectivity index (χ1) is 11.9. The summed E-state index contributed by atoms with van der Waals surface area (Å²) in [7, 11) is 0. The highest BCUT2D eigenvalue weighted by molar-refractivity contribution is 5.98. The van der Waals surface area contributed by atoms with Crippen molar-refractivity contribution < 1.29 is 19.1 Å². The molecule has 25 heavy (non-hydrogen) atoms. The predicted molar refractivity (Wildman–Crippen MR) is 94.1 cm³/mol. The van der Waals surface area contributed by atoms with E-state index in [1.54, 1.807) is 35.2 Å². The zero-order valence-electron chi connectivity index (χ0n) is 14.0. The Morgan fingerprint density at radius 1 is 1.16 bits per heavy atom. The lowest BCUT2D eigenvalue weighted by molar-refractivity contribution is -0.133. The number of hydrogen-bond acceptors (Lipinski definition) is 5. The molecule has 0 bridgehead atoms. The maximum Gasteiger partial charge on any atom is 0.331 e. The maximum absolute atomic E-state index is 12.3. The van der Waals surface area contributed by atoms with Gasteiger partial charge in [-0.1, -0.05) is 6.07 Å². The van der Waals surface area contributed by atoms with Gasteiger partial charge in [-0.25, -0.2) is 4.79 Å². The van der Waals surface area contributed by atoms with Gasteiger partial charge < -0.3 is 15.0 Å². The third kappa shape index (κ3) is 3.85. The molecule has 2 aromatic rings. The molecule has 6 heteroatoms. The normalized spacial score (nSPS) is 13.0. The van der Waals surface area contributed by atoms with Crippen LogP contribution in [0.3, 0.4) is 0 Å². The van der Waals surface area contributed by atoms with Crippen molar-refractivity contribution in [3.05, 3.63) is 53.6 Å². The van der Waals surface area contributed by atoms with Crippen LogP contribution in [-0.2, 0) is 9.59 Å². The van der Waals surface area contributed by atoms with E-state index in [1.807, 2.05) is 19.1 Å². The van der Waals surface area contributed by atoms with Gasteiger partial charge >= 0.3 is 5.97 Å². The summed E-state index contributed by atoms with van der Waals surface area (Å²) in [5.41, 5.74) is 2.87. The van der Waals surface area contributed by atoms with Gasteiger partial charge in [-0.2, -0.15) is 0 Å². The molecule has 0 radical (unpaired) electrons. The van der Waals surface area contributed by atoms with Gasteiger partial charge in [0.2, 0.25) is 5.91 Å². The standard InChI is InChI=1S/C19H18N2O4/c1-12-3-8-16-17(9-12)25-19(24)11-21(16)10-18(23)20-15-6-4-14(5-7-15)13(2)22/h3-9H,10-11H2,1-2H3,(H,20,23). The zero-order valence-corrected chi connectivity index (χ0v) is 14.0. The first-order valence-corrected chi connectivity index (χ1v) is 7.89. The van der Waals surface area contributed by atoms with E-state index in [1.165, 1.54) is 6.92 Å². The summed E-state index contributed by atoms with van der Waals surface area (Å²) in [6.45, 7) is 3.44. The van der Waals surface area contributed by atoms with Crippen molar-refractivity contribution in [3.8, 4) is 5.75 Å². The molecule has 1 aliphatic heterocycles. The third-order valence-corrected chi connectivity index (χ3v) is 3.91. The fourth-order valence-corrected chi connectivity index (χ4v) is 2.66. The first kappa shape index (κ1) is 16.7. The van der Waals surface area contributed by atoms with Gasteiger partial charge in [0, 0.05) is 11.3 Å². The molecule has 0 aromatic heterocycles. The number of benzene rings is 2. The van der Waals surface area contributed by atoms with Crippen LogP contribution in [0, 0.1) is 6.92 Å². The number of ketones is 1. The SMILES string of the molecule is CC(=O)c1ccc(NC(=O)CN2CC(=O)Oc3cc(C)ccc32)cc1. The number of amides is 1. The van der Waals surface area contributed by atoms with Crippen LogP contribution in [0.1, 0.15) is 22.8 Å². The van der Waals surface area contributed by atoms with Crippen LogP contribution in [0.15, 0.2) is 42.5 Å². The topological polar surface area (TPSA) is 75.7 Å². The Kier molecular flexibility index (Phi) is 4.52. The number of Topliss-reactive ketones (excluding diaryl/α,β-unsaturated/α-hetero) is 1. The van der Waals surface area contributed by atoms with Gasteiger partial charge in [0.15, 0.2) is 11.5 Å². The molecule has 0 atom stereocenters. The fraction of sp³-hybridized carbons (Fsp3) is 0.211. The molecule has 1 amide bonds. The molecule has 2 aromatic carbocycles. The maximum atomic E-state index is 12.3. The van der Waals surface area contributed by atoms with Gasteiger partial charge in [0.1, 0.15) is 6.54 Å². The van der Waals surface area contributed by atoms with Crippen LogP contribution in [0.5, 0.6) is 5.75 Å². The van der Waals surface area contributed by atoms with Gasteiger partial charge in [-0.15, -0.1) is 0 Å². The lowest BCUT2D eigenvalue weighted by Crippen LogP contribution is -2.41. The second kappa shape index (κ2) is 6.76. The number of esters is 1. The molecule has 0 fully saturated rings. The highest BCUT2D eigenvalue weighted by Crippen LogP contribution is 2.32. The zero-order chi connectivity index (χ0) is 18.0. The minimum Gasteiger partial charge on any atom is -0.423 e. The highest BCUT2D eigenvalue weighted by atomic mass is 16.5. The van der Waals surface area contributed by atoms with E-state index in [9.17, 15) is 14.4 Å². The summed E-state index contributed by atoms with van der Waals surface area (Å²) in [5, 5.41) is 2.77. The molecular weight excluding hydrogens is 320 g/mol. The molecule has 1 aliphatic rings. The Hall–Kier alpha value is -3.15. The third-order valence-electron chi connectivity index (χ3n) is 3.91. The van der Waals surface area contributed by atoms with E-state index in [-0.39, 0.29) is 24.8 Å². The summed E-state index contributed by atoms with van der Waals surface area (Å²) in [6.07, 6.45) is 0. The number of nitrogens with one attached hydrogen (secondary N) is 1. The lowest BCUT2D eigenvalue weighted by Gasteiger charge is -2.29. The van der Waals surface area contributed by atoms with E-state index < -0.39 is 5.97 Å². The van der Waals surface area contributed by atoms with Crippen molar-refractivity contribution in [2.24, 2.45) is 0 Å². The van der Waals surface area contributed by atoms with Crippen LogP contribution < -0.4 is 15.0 Å². The number of rotatable bonds is 4. The quantitative estimate of drug-likeness (QED) is 0.527. The minimum atomic E-state index is -0.392. The number of aryl methyl sites for hydroxylation is 1. The van der Waals surface area contributed by atoms with E-state index in [2.05, 4.69) is 5.32 Å². The average Bonchev–Trinajstić information content (AvgIpc) is 2.54. The molecule has 0 saturated carbocycles. The lowest BCUT2D eigenvalue weighted by atomic mass is 10.1. The van der Waals surface area contributed by atoms with Crippen molar-refractivity contribution in [3.63, 3.8) is 0 Å². The highest BCUT2D eigenvalue weighted by Gasteiger charge is 2.25. The Morgan fingerprint density at radius 3 is 2.56 bits per heavy atom. The minimum absolute atomic E-state index is 0.0206. The summed E-state index contributed by atoms with van der Waals surface area (Å²) < 4.78 is 5.23. The molecule has 1 N–H and O–H groups in total. The van der Waals surface area contributed by atoms with E-state index in [4.69, 9.17) is 4.74 Å². The van der Waals surface area contributed by atoms with Crippen molar-refractivity contribution in [2.75, 3.05) is 23.3 Å². The number of carbonyl (C=O) groups excluding carboxylic acids is 3. The van der Waals surface area contributed by atoms with Crippen molar-refractivity contribution in [1.82, 2.24) is 0 Å². The van der Waals surface area contributed by atoms with Gasteiger partial charge in [-0.05, 0) is 55.8 Å². The molecule has 3 rings (SSSR count). The molecule has 0 spiro atoms. The second-order valence-electron chi connectivity index (χ2n) is 5.98. The largest absolute Gasteiger partial charge is 0.423 e. The van der Waals surface area contributed by atoms with Crippen LogP contribution in [0.2, 0.25) is 0 Å². The average molecular weight is 338 g/mol. The Morgan fingerprint density at radius 2 is 1.88 bits per heavy atom. The Balaban J connectivity index is 1.71. The smallest absolute Gasteiger partial charge is 0.331 e. The van der Waals surface area contributed by atoms with Gasteiger partial charge in [0.05, 0.1) is 12.2 Å². The molecule has 0 unspecified atom stereocenters. The van der Waals surface area contributed by atoms with Crippen molar-refractivity contribution in [1.29, 1.82) is 0 Å². The first-order valence-electron chi connectivity index (χ1n) is 7.89. The number of carbonyl (C=O) groups is 3. The monoisotopic (exact) mass is 338 g/mol. The number of ether oxygens (including phenoxy) is 1. The van der Waals surface area contributed by atoms with Gasteiger partial charge in [0.25, 0.3) is 0 Å². The van der Waals surface area contributed by atoms with E-state index >= 15 is 0 Å². The van der Waals surface area contributed by atoms with Crippen LogP contribution in [0.4, 0.5) is 11.4 Å². The molecule has 128 valence electrons. The van der Waals surface area contributed by atoms with E-state index in [0.29, 0.717) is 22.7 Å². The Labute approximate surface area is 145 Å². The van der Waals surface area contributed by atoms with Crippen LogP contribution in [-0.4, -0.2) is 30.7 Å². The summed E-state index contributed by atoms with van der Waals surface area (Å²) >= 11 is 0. The Bertz CT molecular complexity index is 843. The summed E-state index contributed by atoms with van der Waals surface area (Å²) in [5.74, 6) is -0.208. The molecule has 0 aliphatic carbocycles. The van der Waals surface area contributed by atoms with Crippen molar-refractivity contribution in [2.45, 2.75) is 13.8 Å². The fourth-order valence-electron chi connectivity index (χ4n) is 2.66. The summed E-state index contributed by atoms with van der Waals surface area (Å²) in [4.78, 5) is 37.0. The second-order valence-corrected chi connectivity index (χ2v) is 5.98. The molecule has 0 saturated heterocycles. The van der Waals surface area contributed by atoms with Crippen molar-refractivity contribution >= 4 is 29.0 Å². The van der Waals surface area contributed by atoms with Crippen LogP contribution in [0.25, 0.3) is 0 Å². The number of anilines is 2. The number of nitrogens with zero attached hydrogens (tertiary/aromatic N) is 1. The summed E-state index contributed by atoms with van der Waals surface area (Å²) in [6, 6.07) is 12.2.